The maximum Gasteiger partial charge on any atom is 0.336 e. The van der Waals surface area contributed by atoms with Crippen LogP contribution in [0.3, 0.4) is 0 Å². The van der Waals surface area contributed by atoms with Gasteiger partial charge in [0.1, 0.15) is 0 Å². The maximum atomic E-state index is 11.5. The molecule has 0 saturated heterocycles. The lowest BCUT2D eigenvalue weighted by Gasteiger charge is -2.16. The molecule has 2 aromatic rings. The maximum absolute atomic E-state index is 11.5. The van der Waals surface area contributed by atoms with Crippen molar-refractivity contribution in [3.05, 3.63) is 57.6 Å². The van der Waals surface area contributed by atoms with Crippen molar-refractivity contribution in [1.29, 1.82) is 0 Å². The van der Waals surface area contributed by atoms with Crippen molar-refractivity contribution in [1.82, 2.24) is 0 Å². The zero-order valence-corrected chi connectivity index (χ0v) is 13.4. The lowest BCUT2D eigenvalue weighted by atomic mass is 9.87. The fraction of sp³-hybridized carbons (Fsp3) is 0.167. The number of carbonyl (C=O) groups is 3. The summed E-state index contributed by atoms with van der Waals surface area (Å²) in [6.07, 6.45) is 0. The zero-order valence-electron chi connectivity index (χ0n) is 13.4. The molecule has 124 valence electrons. The number of carboxylic acid groups (broad SMARTS) is 3. The van der Waals surface area contributed by atoms with Crippen molar-refractivity contribution < 1.29 is 29.7 Å². The molecular weight excluding hydrogens is 312 g/mol. The van der Waals surface area contributed by atoms with E-state index >= 15 is 0 Å². The Morgan fingerprint density at radius 2 is 1.38 bits per heavy atom. The summed E-state index contributed by atoms with van der Waals surface area (Å²) in [5.74, 6) is -3.40. The third kappa shape index (κ3) is 2.86. The lowest BCUT2D eigenvalue weighted by Crippen LogP contribution is -2.08. The molecule has 6 nitrogen and oxygen atoms in total. The minimum absolute atomic E-state index is 0.0352. The van der Waals surface area contributed by atoms with Gasteiger partial charge in [-0.2, -0.15) is 0 Å². The van der Waals surface area contributed by atoms with Gasteiger partial charge in [0.25, 0.3) is 0 Å². The second-order valence-corrected chi connectivity index (χ2v) is 5.54. The molecule has 0 fully saturated rings. The van der Waals surface area contributed by atoms with Crippen LogP contribution in [0.25, 0.3) is 11.1 Å². The van der Waals surface area contributed by atoms with E-state index in [1.54, 1.807) is 26.8 Å². The van der Waals surface area contributed by atoms with Crippen molar-refractivity contribution in [2.45, 2.75) is 20.8 Å². The third-order valence-corrected chi connectivity index (χ3v) is 4.10. The summed E-state index contributed by atoms with van der Waals surface area (Å²) >= 11 is 0. The first-order chi connectivity index (χ1) is 11.1. The molecule has 0 spiro atoms. The number of benzene rings is 2. The average molecular weight is 328 g/mol. The second kappa shape index (κ2) is 6.16. The molecule has 3 N–H and O–H groups in total. The molecule has 0 radical (unpaired) electrons. The highest BCUT2D eigenvalue weighted by atomic mass is 16.4. The second-order valence-electron chi connectivity index (χ2n) is 5.54. The van der Waals surface area contributed by atoms with E-state index in [9.17, 15) is 24.6 Å². The Morgan fingerprint density at radius 1 is 0.750 bits per heavy atom. The van der Waals surface area contributed by atoms with Crippen molar-refractivity contribution in [3.8, 4) is 11.1 Å². The molecule has 0 aliphatic heterocycles. The highest BCUT2D eigenvalue weighted by Gasteiger charge is 2.21. The van der Waals surface area contributed by atoms with E-state index in [2.05, 4.69) is 0 Å². The van der Waals surface area contributed by atoms with E-state index in [4.69, 9.17) is 5.11 Å². The summed E-state index contributed by atoms with van der Waals surface area (Å²) in [6, 6.07) is 5.36. The van der Waals surface area contributed by atoms with Crippen molar-refractivity contribution in [2.24, 2.45) is 0 Å². The summed E-state index contributed by atoms with van der Waals surface area (Å²) in [6.45, 7) is 4.97. The van der Waals surface area contributed by atoms with Gasteiger partial charge >= 0.3 is 17.9 Å². The van der Waals surface area contributed by atoms with Gasteiger partial charge in [-0.15, -0.1) is 0 Å². The molecule has 0 amide bonds. The highest BCUT2D eigenvalue weighted by Crippen LogP contribution is 2.33. The van der Waals surface area contributed by atoms with Crippen LogP contribution in [0.1, 0.15) is 47.8 Å². The monoisotopic (exact) mass is 328 g/mol. The van der Waals surface area contributed by atoms with E-state index in [1.807, 2.05) is 0 Å². The Kier molecular flexibility index (Phi) is 4.41. The first-order valence-corrected chi connectivity index (χ1v) is 7.10. The topological polar surface area (TPSA) is 112 Å². The SMILES string of the molecule is Cc1cc(-c2cc(C(=O)O)ccc2C(=O)O)c(C)c(C)c1C(=O)O. The van der Waals surface area contributed by atoms with Gasteiger partial charge in [-0.3, -0.25) is 0 Å². The molecule has 24 heavy (non-hydrogen) atoms. The summed E-state index contributed by atoms with van der Waals surface area (Å²) in [5, 5.41) is 27.9. The van der Waals surface area contributed by atoms with Crippen molar-refractivity contribution in [2.75, 3.05) is 0 Å². The number of rotatable bonds is 4. The molecule has 2 rings (SSSR count). The minimum atomic E-state index is -1.18. The van der Waals surface area contributed by atoms with Gasteiger partial charge in [0, 0.05) is 0 Å². The molecule has 0 aliphatic carbocycles. The Bertz CT molecular complexity index is 880. The van der Waals surface area contributed by atoms with Gasteiger partial charge in [0.15, 0.2) is 0 Å². The highest BCUT2D eigenvalue weighted by molar-refractivity contribution is 6.00. The van der Waals surface area contributed by atoms with Crippen LogP contribution in [0, 0.1) is 20.8 Å². The Hall–Kier alpha value is -3.15. The number of hydrogen-bond acceptors (Lipinski definition) is 3. The molecule has 0 heterocycles. The smallest absolute Gasteiger partial charge is 0.336 e. The van der Waals surface area contributed by atoms with Crippen LogP contribution in [0.5, 0.6) is 0 Å². The normalized spacial score (nSPS) is 10.5. The molecule has 0 unspecified atom stereocenters. The van der Waals surface area contributed by atoms with E-state index in [0.29, 0.717) is 22.3 Å². The van der Waals surface area contributed by atoms with Crippen LogP contribution in [0.2, 0.25) is 0 Å². The van der Waals surface area contributed by atoms with Crippen LogP contribution >= 0.6 is 0 Å². The van der Waals surface area contributed by atoms with Gasteiger partial charge < -0.3 is 15.3 Å². The molecule has 6 heteroatoms. The van der Waals surface area contributed by atoms with Crippen LogP contribution in [-0.2, 0) is 0 Å². The number of aromatic carboxylic acids is 3. The molecular formula is C18H16O6. The van der Waals surface area contributed by atoms with Crippen LogP contribution in [0.4, 0.5) is 0 Å². The summed E-state index contributed by atoms with van der Waals surface area (Å²) in [7, 11) is 0. The fourth-order valence-electron chi connectivity index (χ4n) is 2.78. The number of carboxylic acids is 3. The van der Waals surface area contributed by atoms with E-state index in [0.717, 1.165) is 0 Å². The molecule has 0 aliphatic rings. The predicted octanol–water partition coefficient (Wildman–Crippen LogP) is 3.37. The first-order valence-electron chi connectivity index (χ1n) is 7.10. The largest absolute Gasteiger partial charge is 0.478 e. The van der Waals surface area contributed by atoms with Gasteiger partial charge in [-0.1, -0.05) is 6.07 Å². The molecule has 0 saturated carbocycles. The molecule has 0 bridgehead atoms. The van der Waals surface area contributed by atoms with Gasteiger partial charge in [-0.05, 0) is 66.8 Å². The summed E-state index contributed by atoms with van der Waals surface area (Å²) < 4.78 is 0. The number of aryl methyl sites for hydroxylation is 1. The van der Waals surface area contributed by atoms with Crippen LogP contribution in [-0.4, -0.2) is 33.2 Å². The van der Waals surface area contributed by atoms with Gasteiger partial charge in [0.05, 0.1) is 16.7 Å². The van der Waals surface area contributed by atoms with E-state index in [-0.39, 0.29) is 22.3 Å². The summed E-state index contributed by atoms with van der Waals surface area (Å²) in [4.78, 5) is 34.1. The average Bonchev–Trinajstić information content (AvgIpc) is 2.49. The Morgan fingerprint density at radius 3 is 1.88 bits per heavy atom. The van der Waals surface area contributed by atoms with Crippen molar-refractivity contribution in [3.63, 3.8) is 0 Å². The number of hydrogen-bond donors (Lipinski definition) is 3. The first kappa shape index (κ1) is 17.2. The minimum Gasteiger partial charge on any atom is -0.478 e. The Labute approximate surface area is 138 Å². The van der Waals surface area contributed by atoms with Crippen molar-refractivity contribution >= 4 is 17.9 Å². The Balaban J connectivity index is 2.85. The van der Waals surface area contributed by atoms with E-state index in [1.165, 1.54) is 18.2 Å². The van der Waals surface area contributed by atoms with Gasteiger partial charge in [-0.25, -0.2) is 14.4 Å². The fourth-order valence-corrected chi connectivity index (χ4v) is 2.78. The predicted molar refractivity (Wildman–Crippen MR) is 87.0 cm³/mol. The zero-order chi connectivity index (χ0) is 18.2. The quantitative estimate of drug-likeness (QED) is 0.793. The molecule has 0 atom stereocenters. The molecule has 0 aromatic heterocycles. The lowest BCUT2D eigenvalue weighted by molar-refractivity contribution is 0.0682. The van der Waals surface area contributed by atoms with Crippen LogP contribution < -0.4 is 0 Å². The third-order valence-electron chi connectivity index (χ3n) is 4.10. The van der Waals surface area contributed by atoms with E-state index < -0.39 is 17.9 Å². The standard InChI is InChI=1S/C18H16O6/c1-8-6-13(9(2)10(3)15(8)18(23)24)14-7-11(16(19)20)4-5-12(14)17(21)22/h4-7H,1-3H3,(H,19,20)(H,21,22)(H,23,24). The van der Waals surface area contributed by atoms with Gasteiger partial charge in [0.2, 0.25) is 0 Å². The summed E-state index contributed by atoms with van der Waals surface area (Å²) in [5.41, 5.74) is 2.47. The molecule has 2 aromatic carbocycles. The van der Waals surface area contributed by atoms with Crippen LogP contribution in [0.15, 0.2) is 24.3 Å².